The second-order valence-electron chi connectivity index (χ2n) is 4.48. The normalized spacial score (nSPS) is 10.7. The summed E-state index contributed by atoms with van der Waals surface area (Å²) in [7, 11) is 0. The van der Waals surface area contributed by atoms with E-state index < -0.39 is 0 Å². The van der Waals surface area contributed by atoms with Gasteiger partial charge >= 0.3 is 0 Å². The fourth-order valence-corrected chi connectivity index (χ4v) is 2.28. The molecule has 0 aliphatic rings. The monoisotopic (exact) mass is 234 g/mol. The van der Waals surface area contributed by atoms with Crippen molar-refractivity contribution in [2.45, 2.75) is 6.92 Å². The number of nitrogen functional groups attached to an aromatic ring is 1. The van der Waals surface area contributed by atoms with Gasteiger partial charge in [0.1, 0.15) is 0 Å². The molecular weight excluding hydrogens is 220 g/mol. The Labute approximate surface area is 106 Å². The zero-order chi connectivity index (χ0) is 12.5. The molecule has 0 bridgehead atoms. The van der Waals surface area contributed by atoms with Gasteiger partial charge in [-0.1, -0.05) is 24.3 Å². The molecule has 0 saturated heterocycles. The summed E-state index contributed by atoms with van der Waals surface area (Å²) in [6.45, 7) is 2.10. The highest BCUT2D eigenvalue weighted by Gasteiger charge is 2.06. The SMILES string of the molecule is Cc1ccc(N)cc1-c1cccc2ccncc12. The molecule has 0 amide bonds. The number of nitrogens with zero attached hydrogens (tertiary/aromatic N) is 1. The average Bonchev–Trinajstić information content (AvgIpc) is 2.41. The van der Waals surface area contributed by atoms with Crippen LogP contribution in [-0.2, 0) is 0 Å². The van der Waals surface area contributed by atoms with Gasteiger partial charge in [0.15, 0.2) is 0 Å². The topological polar surface area (TPSA) is 38.9 Å². The minimum Gasteiger partial charge on any atom is -0.399 e. The minimum absolute atomic E-state index is 0.788. The molecule has 0 atom stereocenters. The van der Waals surface area contributed by atoms with Crippen molar-refractivity contribution in [3.8, 4) is 11.1 Å². The molecule has 2 nitrogen and oxygen atoms in total. The van der Waals surface area contributed by atoms with Crippen molar-refractivity contribution in [3.05, 3.63) is 60.4 Å². The van der Waals surface area contributed by atoms with E-state index in [0.29, 0.717) is 0 Å². The lowest BCUT2D eigenvalue weighted by Crippen LogP contribution is -1.90. The van der Waals surface area contributed by atoms with Gasteiger partial charge in [-0.2, -0.15) is 0 Å². The molecule has 0 aliphatic carbocycles. The van der Waals surface area contributed by atoms with Gasteiger partial charge in [-0.25, -0.2) is 0 Å². The lowest BCUT2D eigenvalue weighted by atomic mass is 9.96. The summed E-state index contributed by atoms with van der Waals surface area (Å²) in [6, 6.07) is 14.3. The number of aryl methyl sites for hydroxylation is 1. The summed E-state index contributed by atoms with van der Waals surface area (Å²) >= 11 is 0. The lowest BCUT2D eigenvalue weighted by molar-refractivity contribution is 1.36. The number of benzene rings is 2. The van der Waals surface area contributed by atoms with E-state index in [4.69, 9.17) is 5.73 Å². The molecule has 3 aromatic rings. The van der Waals surface area contributed by atoms with Crippen molar-refractivity contribution >= 4 is 16.5 Å². The molecule has 88 valence electrons. The smallest absolute Gasteiger partial charge is 0.0352 e. The summed E-state index contributed by atoms with van der Waals surface area (Å²) < 4.78 is 0. The maximum atomic E-state index is 5.89. The Hall–Kier alpha value is -2.35. The van der Waals surface area contributed by atoms with Crippen molar-refractivity contribution in [2.24, 2.45) is 0 Å². The van der Waals surface area contributed by atoms with Gasteiger partial charge in [0.2, 0.25) is 0 Å². The molecule has 3 rings (SSSR count). The molecule has 0 fully saturated rings. The Morgan fingerprint density at radius 3 is 2.78 bits per heavy atom. The van der Waals surface area contributed by atoms with Gasteiger partial charge in [0.05, 0.1) is 0 Å². The largest absolute Gasteiger partial charge is 0.399 e. The van der Waals surface area contributed by atoms with E-state index in [9.17, 15) is 0 Å². The van der Waals surface area contributed by atoms with Gasteiger partial charge in [-0.3, -0.25) is 4.98 Å². The fourth-order valence-electron chi connectivity index (χ4n) is 2.28. The Kier molecular flexibility index (Phi) is 2.49. The van der Waals surface area contributed by atoms with Crippen LogP contribution < -0.4 is 5.73 Å². The van der Waals surface area contributed by atoms with Crippen LogP contribution in [0.4, 0.5) is 5.69 Å². The third-order valence-corrected chi connectivity index (χ3v) is 3.24. The van der Waals surface area contributed by atoms with Crippen LogP contribution in [0.15, 0.2) is 54.9 Å². The van der Waals surface area contributed by atoms with Gasteiger partial charge in [0, 0.05) is 23.5 Å². The zero-order valence-electron chi connectivity index (χ0n) is 10.2. The van der Waals surface area contributed by atoms with E-state index in [1.165, 1.54) is 22.1 Å². The molecule has 1 heterocycles. The summed E-state index contributed by atoms with van der Waals surface area (Å²) in [5.41, 5.74) is 10.3. The first-order valence-electron chi connectivity index (χ1n) is 5.95. The standard InChI is InChI=1S/C16H14N2/c1-11-5-6-13(17)9-15(11)14-4-2-3-12-7-8-18-10-16(12)14/h2-10H,17H2,1H3. The number of rotatable bonds is 1. The average molecular weight is 234 g/mol. The molecule has 18 heavy (non-hydrogen) atoms. The van der Waals surface area contributed by atoms with E-state index in [1.54, 1.807) is 0 Å². The maximum Gasteiger partial charge on any atom is 0.0352 e. The number of pyridine rings is 1. The molecule has 0 spiro atoms. The number of anilines is 1. The maximum absolute atomic E-state index is 5.89. The second-order valence-corrected chi connectivity index (χ2v) is 4.48. The van der Waals surface area contributed by atoms with Crippen molar-refractivity contribution < 1.29 is 0 Å². The van der Waals surface area contributed by atoms with Crippen LogP contribution in [0.3, 0.4) is 0 Å². The molecule has 2 aromatic carbocycles. The third-order valence-electron chi connectivity index (χ3n) is 3.24. The molecule has 0 saturated carbocycles. The summed E-state index contributed by atoms with van der Waals surface area (Å²) in [6.07, 6.45) is 3.73. The van der Waals surface area contributed by atoms with Crippen LogP contribution in [0, 0.1) is 6.92 Å². The summed E-state index contributed by atoms with van der Waals surface area (Å²) in [5, 5.41) is 2.36. The Morgan fingerprint density at radius 2 is 1.89 bits per heavy atom. The molecule has 2 heteroatoms. The number of nitrogens with two attached hydrogens (primary N) is 1. The predicted molar refractivity (Wildman–Crippen MR) is 76.3 cm³/mol. The quantitative estimate of drug-likeness (QED) is 0.650. The van der Waals surface area contributed by atoms with Crippen LogP contribution in [0.1, 0.15) is 5.56 Å². The molecule has 0 unspecified atom stereocenters. The van der Waals surface area contributed by atoms with E-state index >= 15 is 0 Å². The number of fused-ring (bicyclic) bond motifs is 1. The van der Waals surface area contributed by atoms with Crippen molar-refractivity contribution in [2.75, 3.05) is 5.73 Å². The third kappa shape index (κ3) is 1.72. The summed E-state index contributed by atoms with van der Waals surface area (Å²) in [5.74, 6) is 0. The van der Waals surface area contributed by atoms with E-state index in [1.807, 2.05) is 30.6 Å². The van der Waals surface area contributed by atoms with Crippen LogP contribution in [0.5, 0.6) is 0 Å². The first-order valence-corrected chi connectivity index (χ1v) is 5.95. The number of aromatic nitrogens is 1. The van der Waals surface area contributed by atoms with Crippen molar-refractivity contribution in [3.63, 3.8) is 0 Å². The zero-order valence-corrected chi connectivity index (χ0v) is 10.2. The van der Waals surface area contributed by atoms with Crippen LogP contribution in [-0.4, -0.2) is 4.98 Å². The minimum atomic E-state index is 0.788. The van der Waals surface area contributed by atoms with Crippen molar-refractivity contribution in [1.82, 2.24) is 4.98 Å². The van der Waals surface area contributed by atoms with E-state index in [2.05, 4.69) is 36.2 Å². The van der Waals surface area contributed by atoms with E-state index in [0.717, 1.165) is 11.1 Å². The number of hydrogen-bond acceptors (Lipinski definition) is 2. The fraction of sp³-hybridized carbons (Fsp3) is 0.0625. The first kappa shape index (κ1) is 10.8. The van der Waals surface area contributed by atoms with Crippen LogP contribution >= 0.6 is 0 Å². The molecule has 2 N–H and O–H groups in total. The second kappa shape index (κ2) is 4.15. The Balaban J connectivity index is 2.35. The van der Waals surface area contributed by atoms with Gasteiger partial charge in [-0.15, -0.1) is 0 Å². The highest BCUT2D eigenvalue weighted by molar-refractivity contribution is 5.97. The highest BCUT2D eigenvalue weighted by atomic mass is 14.6. The van der Waals surface area contributed by atoms with Crippen LogP contribution in [0.25, 0.3) is 21.9 Å². The Bertz CT molecular complexity index is 712. The predicted octanol–water partition coefficient (Wildman–Crippen LogP) is 3.79. The highest BCUT2D eigenvalue weighted by Crippen LogP contribution is 2.31. The van der Waals surface area contributed by atoms with Crippen LogP contribution in [0.2, 0.25) is 0 Å². The van der Waals surface area contributed by atoms with E-state index in [-0.39, 0.29) is 0 Å². The molecule has 0 radical (unpaired) electrons. The van der Waals surface area contributed by atoms with Gasteiger partial charge in [0.25, 0.3) is 0 Å². The van der Waals surface area contributed by atoms with Gasteiger partial charge in [-0.05, 0) is 47.2 Å². The first-order chi connectivity index (χ1) is 8.75. The summed E-state index contributed by atoms with van der Waals surface area (Å²) in [4.78, 5) is 4.22. The molecule has 1 aromatic heterocycles. The molecular formula is C16H14N2. The number of hydrogen-bond donors (Lipinski definition) is 1. The Morgan fingerprint density at radius 1 is 1.00 bits per heavy atom. The van der Waals surface area contributed by atoms with Crippen molar-refractivity contribution in [1.29, 1.82) is 0 Å². The van der Waals surface area contributed by atoms with Gasteiger partial charge < -0.3 is 5.73 Å². The molecule has 0 aliphatic heterocycles. The lowest BCUT2D eigenvalue weighted by Gasteiger charge is -2.10.